The first-order chi connectivity index (χ1) is 6.20. The fourth-order valence-corrected chi connectivity index (χ4v) is 1.88. The van der Waals surface area contributed by atoms with Gasteiger partial charge in [0.2, 0.25) is 0 Å². The fourth-order valence-electron chi connectivity index (χ4n) is 1.31. The maximum absolute atomic E-state index is 3.71. The summed E-state index contributed by atoms with van der Waals surface area (Å²) in [6.07, 6.45) is 2.51. The summed E-state index contributed by atoms with van der Waals surface area (Å²) in [6.45, 7) is 4.54. The van der Waals surface area contributed by atoms with Gasteiger partial charge in [-0.1, -0.05) is 60.1 Å². The summed E-state index contributed by atoms with van der Waals surface area (Å²) in [4.78, 5) is 0.524. The minimum absolute atomic E-state index is 0.524. The first kappa shape index (κ1) is 10.8. The smallest absolute Gasteiger partial charge is 0.0395 e. The van der Waals surface area contributed by atoms with E-state index in [0.29, 0.717) is 4.83 Å². The van der Waals surface area contributed by atoms with Crippen LogP contribution in [0.2, 0.25) is 0 Å². The Hall–Kier alpha value is -0.300. The van der Waals surface area contributed by atoms with Crippen molar-refractivity contribution in [1.29, 1.82) is 0 Å². The third kappa shape index (κ3) is 3.95. The van der Waals surface area contributed by atoms with Crippen molar-refractivity contribution in [2.24, 2.45) is 5.92 Å². The van der Waals surface area contributed by atoms with E-state index < -0.39 is 0 Å². The van der Waals surface area contributed by atoms with Crippen molar-refractivity contribution in [3.63, 3.8) is 0 Å². The highest BCUT2D eigenvalue weighted by Gasteiger charge is 2.06. The van der Waals surface area contributed by atoms with Gasteiger partial charge in [0.05, 0.1) is 0 Å². The van der Waals surface area contributed by atoms with Crippen LogP contribution < -0.4 is 0 Å². The Bertz CT molecular complexity index is 228. The molecule has 1 aromatic rings. The van der Waals surface area contributed by atoms with Gasteiger partial charge in [0.25, 0.3) is 0 Å². The van der Waals surface area contributed by atoms with Crippen LogP contribution in [0.4, 0.5) is 0 Å². The molecule has 1 heteroatoms. The zero-order valence-electron chi connectivity index (χ0n) is 8.33. The largest absolute Gasteiger partial charge is 0.0839 e. The van der Waals surface area contributed by atoms with E-state index in [1.165, 1.54) is 18.4 Å². The molecular formula is C12H17Br. The fraction of sp³-hybridized carbons (Fsp3) is 0.500. The Morgan fingerprint density at radius 1 is 1.08 bits per heavy atom. The standard InChI is InChI=1S/C12H17Br/c1-10(2)8-9-12(13)11-6-4-3-5-7-11/h3-7,10,12H,8-9H2,1-2H3. The molecule has 72 valence electrons. The minimum Gasteiger partial charge on any atom is -0.0839 e. The highest BCUT2D eigenvalue weighted by molar-refractivity contribution is 9.09. The lowest BCUT2D eigenvalue weighted by atomic mass is 10.0. The highest BCUT2D eigenvalue weighted by atomic mass is 79.9. The molecule has 0 spiro atoms. The zero-order valence-corrected chi connectivity index (χ0v) is 9.92. The van der Waals surface area contributed by atoms with Gasteiger partial charge in [0.15, 0.2) is 0 Å². The van der Waals surface area contributed by atoms with E-state index in [0.717, 1.165) is 5.92 Å². The van der Waals surface area contributed by atoms with Gasteiger partial charge in [-0.25, -0.2) is 0 Å². The van der Waals surface area contributed by atoms with Crippen LogP contribution in [0.5, 0.6) is 0 Å². The molecule has 0 aliphatic carbocycles. The Morgan fingerprint density at radius 3 is 2.23 bits per heavy atom. The maximum Gasteiger partial charge on any atom is 0.0395 e. The highest BCUT2D eigenvalue weighted by Crippen LogP contribution is 2.28. The second-order valence-corrected chi connectivity index (χ2v) is 4.95. The average Bonchev–Trinajstić information content (AvgIpc) is 2.15. The quantitative estimate of drug-likeness (QED) is 0.678. The summed E-state index contributed by atoms with van der Waals surface area (Å²) in [5.41, 5.74) is 1.39. The normalized spacial score (nSPS) is 13.2. The Labute approximate surface area is 89.5 Å². The molecule has 0 aromatic heterocycles. The molecule has 0 N–H and O–H groups in total. The molecule has 0 nitrogen and oxygen atoms in total. The van der Waals surface area contributed by atoms with E-state index in [1.54, 1.807) is 0 Å². The van der Waals surface area contributed by atoms with Gasteiger partial charge in [-0.3, -0.25) is 0 Å². The van der Waals surface area contributed by atoms with E-state index in [1.807, 2.05) is 0 Å². The first-order valence-electron chi connectivity index (χ1n) is 4.89. The molecule has 0 saturated carbocycles. The van der Waals surface area contributed by atoms with Gasteiger partial charge < -0.3 is 0 Å². The van der Waals surface area contributed by atoms with Gasteiger partial charge >= 0.3 is 0 Å². The van der Waals surface area contributed by atoms with E-state index in [-0.39, 0.29) is 0 Å². The van der Waals surface area contributed by atoms with Gasteiger partial charge in [-0.15, -0.1) is 0 Å². The molecular weight excluding hydrogens is 224 g/mol. The molecule has 0 heterocycles. The summed E-state index contributed by atoms with van der Waals surface area (Å²) >= 11 is 3.71. The monoisotopic (exact) mass is 240 g/mol. The van der Waals surface area contributed by atoms with Crippen molar-refractivity contribution in [2.45, 2.75) is 31.5 Å². The third-order valence-electron chi connectivity index (χ3n) is 2.16. The number of rotatable bonds is 4. The second kappa shape index (κ2) is 5.43. The van der Waals surface area contributed by atoms with E-state index >= 15 is 0 Å². The second-order valence-electron chi connectivity index (χ2n) is 3.85. The Morgan fingerprint density at radius 2 is 1.69 bits per heavy atom. The van der Waals surface area contributed by atoms with Crippen LogP contribution in [0.3, 0.4) is 0 Å². The van der Waals surface area contributed by atoms with Gasteiger partial charge in [0.1, 0.15) is 0 Å². The number of hydrogen-bond donors (Lipinski definition) is 0. The van der Waals surface area contributed by atoms with Crippen molar-refractivity contribution in [3.05, 3.63) is 35.9 Å². The molecule has 0 saturated heterocycles. The lowest BCUT2D eigenvalue weighted by molar-refractivity contribution is 0.554. The predicted octanol–water partition coefficient (Wildman–Crippen LogP) is 4.56. The molecule has 1 atom stereocenters. The average molecular weight is 241 g/mol. The van der Waals surface area contributed by atoms with Crippen molar-refractivity contribution >= 4 is 15.9 Å². The number of benzene rings is 1. The van der Waals surface area contributed by atoms with Crippen LogP contribution >= 0.6 is 15.9 Å². The van der Waals surface area contributed by atoms with Crippen LogP contribution in [-0.4, -0.2) is 0 Å². The van der Waals surface area contributed by atoms with Crippen molar-refractivity contribution in [1.82, 2.24) is 0 Å². The van der Waals surface area contributed by atoms with Gasteiger partial charge in [-0.05, 0) is 24.3 Å². The van der Waals surface area contributed by atoms with Gasteiger partial charge in [-0.2, -0.15) is 0 Å². The number of halogens is 1. The first-order valence-corrected chi connectivity index (χ1v) is 5.80. The van der Waals surface area contributed by atoms with Crippen molar-refractivity contribution in [3.8, 4) is 0 Å². The SMILES string of the molecule is CC(C)CCC(Br)c1ccccc1. The van der Waals surface area contributed by atoms with Crippen LogP contribution in [0.1, 0.15) is 37.1 Å². The summed E-state index contributed by atoms with van der Waals surface area (Å²) in [6, 6.07) is 10.6. The minimum atomic E-state index is 0.524. The van der Waals surface area contributed by atoms with E-state index in [9.17, 15) is 0 Å². The number of alkyl halides is 1. The molecule has 0 fully saturated rings. The molecule has 1 aromatic carbocycles. The molecule has 0 aliphatic heterocycles. The molecule has 0 aliphatic rings. The third-order valence-corrected chi connectivity index (χ3v) is 3.15. The summed E-state index contributed by atoms with van der Waals surface area (Å²) in [5, 5.41) is 0. The van der Waals surface area contributed by atoms with Crippen molar-refractivity contribution < 1.29 is 0 Å². The number of hydrogen-bond acceptors (Lipinski definition) is 0. The summed E-state index contributed by atoms with van der Waals surface area (Å²) in [7, 11) is 0. The lowest BCUT2D eigenvalue weighted by Crippen LogP contribution is -1.93. The van der Waals surface area contributed by atoms with Gasteiger partial charge in [0, 0.05) is 4.83 Å². The summed E-state index contributed by atoms with van der Waals surface area (Å²) in [5.74, 6) is 0.795. The topological polar surface area (TPSA) is 0 Å². The molecule has 1 unspecified atom stereocenters. The predicted molar refractivity (Wildman–Crippen MR) is 62.2 cm³/mol. The molecule has 0 bridgehead atoms. The maximum atomic E-state index is 3.71. The van der Waals surface area contributed by atoms with Crippen molar-refractivity contribution in [2.75, 3.05) is 0 Å². The molecule has 13 heavy (non-hydrogen) atoms. The van der Waals surface area contributed by atoms with E-state index in [2.05, 4.69) is 60.1 Å². The Balaban J connectivity index is 2.44. The van der Waals surface area contributed by atoms with Crippen LogP contribution in [0, 0.1) is 5.92 Å². The summed E-state index contributed by atoms with van der Waals surface area (Å²) < 4.78 is 0. The van der Waals surface area contributed by atoms with E-state index in [4.69, 9.17) is 0 Å². The lowest BCUT2D eigenvalue weighted by Gasteiger charge is -2.11. The van der Waals surface area contributed by atoms with Crippen LogP contribution in [0.15, 0.2) is 30.3 Å². The zero-order chi connectivity index (χ0) is 9.68. The van der Waals surface area contributed by atoms with Crippen LogP contribution in [0.25, 0.3) is 0 Å². The molecule has 0 radical (unpaired) electrons. The van der Waals surface area contributed by atoms with Crippen LogP contribution in [-0.2, 0) is 0 Å². The Kier molecular flexibility index (Phi) is 4.51. The molecule has 0 amide bonds. The molecule has 1 rings (SSSR count).